The Bertz CT molecular complexity index is 899. The van der Waals surface area contributed by atoms with Gasteiger partial charge in [0.2, 0.25) is 0 Å². The first-order valence-electron chi connectivity index (χ1n) is 6.45. The van der Waals surface area contributed by atoms with Gasteiger partial charge >= 0.3 is 0 Å². The van der Waals surface area contributed by atoms with Gasteiger partial charge in [-0.2, -0.15) is 0 Å². The molecule has 0 aromatic heterocycles. The van der Waals surface area contributed by atoms with Crippen molar-refractivity contribution in [2.45, 2.75) is 16.7 Å². The van der Waals surface area contributed by atoms with Crippen LogP contribution in [0.1, 0.15) is 5.56 Å². The highest BCUT2D eigenvalue weighted by atomic mass is 32.2. The van der Waals surface area contributed by atoms with E-state index in [-0.39, 0.29) is 9.79 Å². The molecule has 1 N–H and O–H groups in total. The SMILES string of the molecule is Cc1ccc(Nc2ccc(S(C)(=O)=O)cc2S(C)(=O)=O)cc1. The summed E-state index contributed by atoms with van der Waals surface area (Å²) in [6.07, 6.45) is 2.09. The van der Waals surface area contributed by atoms with Crippen molar-refractivity contribution >= 4 is 31.0 Å². The molecule has 0 unspecified atom stereocenters. The van der Waals surface area contributed by atoms with Crippen LogP contribution in [0, 0.1) is 6.92 Å². The first kappa shape index (κ1) is 16.5. The molecule has 2 rings (SSSR count). The van der Waals surface area contributed by atoms with Gasteiger partial charge in [-0.05, 0) is 37.3 Å². The Kier molecular flexibility index (Phi) is 4.30. The summed E-state index contributed by atoms with van der Waals surface area (Å²) in [6, 6.07) is 11.5. The lowest BCUT2D eigenvalue weighted by atomic mass is 10.2. The molecule has 0 aliphatic rings. The average Bonchev–Trinajstić information content (AvgIpc) is 2.39. The summed E-state index contributed by atoms with van der Waals surface area (Å²) < 4.78 is 47.1. The summed E-state index contributed by atoms with van der Waals surface area (Å²) in [6.45, 7) is 1.95. The van der Waals surface area contributed by atoms with E-state index in [9.17, 15) is 16.8 Å². The minimum Gasteiger partial charge on any atom is -0.354 e. The van der Waals surface area contributed by atoms with Crippen molar-refractivity contribution < 1.29 is 16.8 Å². The van der Waals surface area contributed by atoms with Gasteiger partial charge in [0.25, 0.3) is 0 Å². The lowest BCUT2D eigenvalue weighted by molar-refractivity contribution is 0.600. The van der Waals surface area contributed by atoms with Crippen LogP contribution in [0.3, 0.4) is 0 Å². The van der Waals surface area contributed by atoms with E-state index in [1.165, 1.54) is 18.2 Å². The van der Waals surface area contributed by atoms with Crippen molar-refractivity contribution in [3.8, 4) is 0 Å². The quantitative estimate of drug-likeness (QED) is 0.926. The molecule has 7 heteroatoms. The molecule has 0 saturated heterocycles. The number of aryl methyl sites for hydroxylation is 1. The van der Waals surface area contributed by atoms with Gasteiger partial charge in [0, 0.05) is 18.2 Å². The maximum atomic E-state index is 11.9. The molecule has 0 heterocycles. The number of anilines is 2. The van der Waals surface area contributed by atoms with E-state index < -0.39 is 19.7 Å². The normalized spacial score (nSPS) is 12.1. The first-order chi connectivity index (χ1) is 10.1. The van der Waals surface area contributed by atoms with Crippen LogP contribution in [0.4, 0.5) is 11.4 Å². The number of sulfone groups is 2. The van der Waals surface area contributed by atoms with E-state index in [4.69, 9.17) is 0 Å². The fraction of sp³-hybridized carbons (Fsp3) is 0.200. The molecule has 0 fully saturated rings. The second-order valence-electron chi connectivity index (χ2n) is 5.19. The lowest BCUT2D eigenvalue weighted by Crippen LogP contribution is -2.06. The monoisotopic (exact) mass is 339 g/mol. The Morgan fingerprint density at radius 1 is 0.818 bits per heavy atom. The number of benzene rings is 2. The smallest absolute Gasteiger partial charge is 0.177 e. The average molecular weight is 339 g/mol. The van der Waals surface area contributed by atoms with E-state index in [0.29, 0.717) is 5.69 Å². The second-order valence-corrected chi connectivity index (χ2v) is 9.19. The highest BCUT2D eigenvalue weighted by molar-refractivity contribution is 7.91. The Morgan fingerprint density at radius 3 is 1.91 bits per heavy atom. The van der Waals surface area contributed by atoms with Gasteiger partial charge in [0.15, 0.2) is 19.7 Å². The molecule has 118 valence electrons. The summed E-state index contributed by atoms with van der Waals surface area (Å²) in [5.74, 6) is 0. The summed E-state index contributed by atoms with van der Waals surface area (Å²) in [7, 11) is -7.04. The van der Waals surface area contributed by atoms with E-state index in [2.05, 4.69) is 5.32 Å². The fourth-order valence-electron chi connectivity index (χ4n) is 1.94. The Balaban J connectivity index is 2.54. The van der Waals surface area contributed by atoms with Crippen molar-refractivity contribution in [3.63, 3.8) is 0 Å². The molecule has 0 radical (unpaired) electrons. The van der Waals surface area contributed by atoms with Crippen LogP contribution < -0.4 is 5.32 Å². The molecule has 22 heavy (non-hydrogen) atoms. The third-order valence-electron chi connectivity index (χ3n) is 3.11. The summed E-state index contributed by atoms with van der Waals surface area (Å²) in [4.78, 5) is -0.0709. The molecule has 0 spiro atoms. The van der Waals surface area contributed by atoms with Crippen LogP contribution in [-0.2, 0) is 19.7 Å². The van der Waals surface area contributed by atoms with Gasteiger partial charge in [-0.25, -0.2) is 16.8 Å². The van der Waals surface area contributed by atoms with Crippen LogP contribution in [0.5, 0.6) is 0 Å². The second kappa shape index (κ2) is 5.73. The van der Waals surface area contributed by atoms with Crippen molar-refractivity contribution in [1.29, 1.82) is 0 Å². The summed E-state index contributed by atoms with van der Waals surface area (Å²) in [5, 5.41) is 3.01. The van der Waals surface area contributed by atoms with Crippen molar-refractivity contribution in [2.75, 3.05) is 17.8 Å². The van der Waals surface area contributed by atoms with E-state index in [0.717, 1.165) is 23.8 Å². The minimum atomic E-state index is -3.57. The molecule has 0 atom stereocenters. The Labute approximate surface area is 130 Å². The Hall–Kier alpha value is -1.86. The standard InChI is InChI=1S/C15H17NO4S2/c1-11-4-6-12(7-5-11)16-14-9-8-13(21(2,17)18)10-15(14)22(3,19)20/h4-10,16H,1-3H3. The van der Waals surface area contributed by atoms with E-state index in [1.807, 2.05) is 31.2 Å². The van der Waals surface area contributed by atoms with E-state index in [1.54, 1.807) is 0 Å². The minimum absolute atomic E-state index is 0.0256. The van der Waals surface area contributed by atoms with Crippen molar-refractivity contribution in [1.82, 2.24) is 0 Å². The van der Waals surface area contributed by atoms with Crippen LogP contribution in [0.15, 0.2) is 52.3 Å². The summed E-state index contributed by atoms with van der Waals surface area (Å²) in [5.41, 5.74) is 2.16. The molecule has 0 saturated carbocycles. The Morgan fingerprint density at radius 2 is 1.41 bits per heavy atom. The topological polar surface area (TPSA) is 80.3 Å². The number of rotatable bonds is 4. The zero-order valence-corrected chi connectivity index (χ0v) is 14.1. The molecule has 2 aromatic carbocycles. The van der Waals surface area contributed by atoms with Gasteiger partial charge in [-0.15, -0.1) is 0 Å². The molecule has 0 aliphatic heterocycles. The highest BCUT2D eigenvalue weighted by Crippen LogP contribution is 2.28. The van der Waals surface area contributed by atoms with Crippen molar-refractivity contribution in [3.05, 3.63) is 48.0 Å². The van der Waals surface area contributed by atoms with Gasteiger partial charge in [-0.1, -0.05) is 17.7 Å². The van der Waals surface area contributed by atoms with Crippen LogP contribution in [-0.4, -0.2) is 29.3 Å². The lowest BCUT2D eigenvalue weighted by Gasteiger charge is -2.12. The maximum absolute atomic E-state index is 11.9. The maximum Gasteiger partial charge on any atom is 0.177 e. The third kappa shape index (κ3) is 3.86. The molecule has 5 nitrogen and oxygen atoms in total. The zero-order valence-electron chi connectivity index (χ0n) is 12.5. The summed E-state index contributed by atoms with van der Waals surface area (Å²) >= 11 is 0. The van der Waals surface area contributed by atoms with Crippen LogP contribution in [0.2, 0.25) is 0 Å². The number of hydrogen-bond donors (Lipinski definition) is 1. The molecular weight excluding hydrogens is 322 g/mol. The van der Waals surface area contributed by atoms with Crippen LogP contribution in [0.25, 0.3) is 0 Å². The third-order valence-corrected chi connectivity index (χ3v) is 5.36. The number of hydrogen-bond acceptors (Lipinski definition) is 5. The zero-order chi connectivity index (χ0) is 16.5. The van der Waals surface area contributed by atoms with E-state index >= 15 is 0 Å². The first-order valence-corrected chi connectivity index (χ1v) is 10.2. The highest BCUT2D eigenvalue weighted by Gasteiger charge is 2.18. The molecule has 0 amide bonds. The number of nitrogens with one attached hydrogen (secondary N) is 1. The van der Waals surface area contributed by atoms with Crippen molar-refractivity contribution in [2.24, 2.45) is 0 Å². The van der Waals surface area contributed by atoms with Gasteiger partial charge in [-0.3, -0.25) is 0 Å². The molecule has 2 aromatic rings. The fourth-order valence-corrected chi connectivity index (χ4v) is 3.52. The molecular formula is C15H17NO4S2. The molecule has 0 bridgehead atoms. The van der Waals surface area contributed by atoms with Gasteiger partial charge in [0.05, 0.1) is 15.5 Å². The predicted molar refractivity (Wildman–Crippen MR) is 87.1 cm³/mol. The largest absolute Gasteiger partial charge is 0.354 e. The van der Waals surface area contributed by atoms with Gasteiger partial charge in [0.1, 0.15) is 0 Å². The van der Waals surface area contributed by atoms with Crippen LogP contribution >= 0.6 is 0 Å². The molecule has 0 aliphatic carbocycles. The van der Waals surface area contributed by atoms with Gasteiger partial charge < -0.3 is 5.32 Å². The predicted octanol–water partition coefficient (Wildman–Crippen LogP) is 2.55.